The molecule has 0 spiro atoms. The van der Waals surface area contributed by atoms with E-state index in [0.29, 0.717) is 5.56 Å². The lowest BCUT2D eigenvalue weighted by Gasteiger charge is -2.02. The van der Waals surface area contributed by atoms with Crippen LogP contribution >= 0.6 is 0 Å². The normalized spacial score (nSPS) is 10.5. The molecule has 78 valence electrons. The van der Waals surface area contributed by atoms with Gasteiger partial charge in [-0.25, -0.2) is 8.78 Å². The van der Waals surface area contributed by atoms with E-state index in [4.69, 9.17) is 5.11 Å². The van der Waals surface area contributed by atoms with Crippen LogP contribution < -0.4 is 0 Å². The van der Waals surface area contributed by atoms with Crippen LogP contribution in [0, 0.1) is 11.6 Å². The Morgan fingerprint density at radius 1 is 1.33 bits per heavy atom. The molecule has 15 heavy (non-hydrogen) atoms. The zero-order valence-electron chi connectivity index (χ0n) is 7.69. The van der Waals surface area contributed by atoms with E-state index >= 15 is 0 Å². The van der Waals surface area contributed by atoms with E-state index in [0.717, 1.165) is 6.07 Å². The number of hydrogen-bond acceptors (Lipinski definition) is 2. The summed E-state index contributed by atoms with van der Waals surface area (Å²) in [5, 5.41) is 12.8. The fourth-order valence-electron chi connectivity index (χ4n) is 1.26. The van der Waals surface area contributed by atoms with E-state index in [9.17, 15) is 8.78 Å². The summed E-state index contributed by atoms with van der Waals surface area (Å²) in [5.41, 5.74) is 0.319. The van der Waals surface area contributed by atoms with Gasteiger partial charge in [-0.15, -0.1) is 0 Å². The van der Waals surface area contributed by atoms with E-state index < -0.39 is 11.6 Å². The van der Waals surface area contributed by atoms with E-state index in [-0.39, 0.29) is 12.3 Å². The van der Waals surface area contributed by atoms with Crippen LogP contribution in [0.1, 0.15) is 5.56 Å². The Kier molecular flexibility index (Phi) is 2.37. The lowest BCUT2D eigenvalue weighted by Crippen LogP contribution is -2.02. The lowest BCUT2D eigenvalue weighted by molar-refractivity contribution is 0.473. The molecule has 0 bridgehead atoms. The van der Waals surface area contributed by atoms with Gasteiger partial charge in [-0.3, -0.25) is 4.68 Å². The van der Waals surface area contributed by atoms with E-state index in [1.165, 1.54) is 29.2 Å². The second-order valence-corrected chi connectivity index (χ2v) is 3.13. The van der Waals surface area contributed by atoms with Crippen LogP contribution in [0.15, 0.2) is 30.6 Å². The summed E-state index contributed by atoms with van der Waals surface area (Å²) in [7, 11) is 0. The molecule has 1 aromatic carbocycles. The van der Waals surface area contributed by atoms with E-state index in [1.54, 1.807) is 0 Å². The number of aromatic nitrogens is 2. The summed E-state index contributed by atoms with van der Waals surface area (Å²) >= 11 is 0. The molecule has 0 aliphatic heterocycles. The maximum absolute atomic E-state index is 13.2. The Balaban J connectivity index is 2.24. The van der Waals surface area contributed by atoms with Crippen molar-refractivity contribution in [3.8, 4) is 5.75 Å². The predicted octanol–water partition coefficient (Wildman–Crippen LogP) is 1.92. The molecule has 2 aromatic rings. The van der Waals surface area contributed by atoms with Crippen LogP contribution in [0.3, 0.4) is 0 Å². The number of rotatable bonds is 2. The van der Waals surface area contributed by atoms with Crippen molar-refractivity contribution >= 4 is 0 Å². The number of nitrogens with zero attached hydrogens (tertiary/aromatic N) is 2. The molecular formula is C10H8F2N2O. The third-order valence-corrected chi connectivity index (χ3v) is 1.97. The van der Waals surface area contributed by atoms with Gasteiger partial charge in [-0.05, 0) is 6.07 Å². The minimum atomic E-state index is -0.620. The van der Waals surface area contributed by atoms with Crippen molar-refractivity contribution in [1.29, 1.82) is 0 Å². The van der Waals surface area contributed by atoms with Gasteiger partial charge >= 0.3 is 0 Å². The summed E-state index contributed by atoms with van der Waals surface area (Å²) in [6, 6.07) is 3.35. The fourth-order valence-corrected chi connectivity index (χ4v) is 1.26. The van der Waals surface area contributed by atoms with Gasteiger partial charge in [0.15, 0.2) is 5.75 Å². The summed E-state index contributed by atoms with van der Waals surface area (Å²) in [6.45, 7) is 0.159. The molecule has 2 rings (SSSR count). The minimum Gasteiger partial charge on any atom is -0.505 e. The van der Waals surface area contributed by atoms with Crippen molar-refractivity contribution in [3.05, 3.63) is 47.8 Å². The summed E-state index contributed by atoms with van der Waals surface area (Å²) in [5.74, 6) is -1.22. The predicted molar refractivity (Wildman–Crippen MR) is 49.4 cm³/mol. The summed E-state index contributed by atoms with van der Waals surface area (Å²) < 4.78 is 27.2. The maximum Gasteiger partial charge on any atom is 0.153 e. The fraction of sp³-hybridized carbons (Fsp3) is 0.100. The second-order valence-electron chi connectivity index (χ2n) is 3.13. The Bertz CT molecular complexity index is 482. The molecule has 0 aliphatic rings. The SMILES string of the molecule is Oc1cnn(Cc2ccc(F)cc2F)c1. The molecular weight excluding hydrogens is 202 g/mol. The van der Waals surface area contributed by atoms with Crippen LogP contribution in [-0.4, -0.2) is 14.9 Å². The van der Waals surface area contributed by atoms with Gasteiger partial charge in [0.05, 0.1) is 18.9 Å². The quantitative estimate of drug-likeness (QED) is 0.822. The smallest absolute Gasteiger partial charge is 0.153 e. The molecule has 0 saturated heterocycles. The third kappa shape index (κ3) is 2.12. The van der Waals surface area contributed by atoms with Crippen molar-refractivity contribution in [2.45, 2.75) is 6.54 Å². The standard InChI is InChI=1S/C10H8F2N2O/c11-8-2-1-7(10(12)3-8)5-14-6-9(15)4-13-14/h1-4,6,15H,5H2. The molecule has 1 N–H and O–H groups in total. The van der Waals surface area contributed by atoms with Gasteiger partial charge in [0.2, 0.25) is 0 Å². The van der Waals surface area contributed by atoms with Crippen molar-refractivity contribution in [2.24, 2.45) is 0 Å². The maximum atomic E-state index is 13.2. The topological polar surface area (TPSA) is 38.1 Å². The zero-order valence-corrected chi connectivity index (χ0v) is 7.69. The number of aromatic hydroxyl groups is 1. The summed E-state index contributed by atoms with van der Waals surface area (Å²) in [4.78, 5) is 0. The van der Waals surface area contributed by atoms with Gasteiger partial charge in [0, 0.05) is 11.6 Å². The van der Waals surface area contributed by atoms with E-state index in [2.05, 4.69) is 5.10 Å². The number of halogens is 2. The highest BCUT2D eigenvalue weighted by Gasteiger charge is 2.05. The van der Waals surface area contributed by atoms with Crippen molar-refractivity contribution < 1.29 is 13.9 Å². The van der Waals surface area contributed by atoms with Gasteiger partial charge < -0.3 is 5.11 Å². The number of hydrogen-bond donors (Lipinski definition) is 1. The first-order chi connectivity index (χ1) is 7.15. The van der Waals surface area contributed by atoms with Gasteiger partial charge in [0.25, 0.3) is 0 Å². The Morgan fingerprint density at radius 2 is 2.13 bits per heavy atom. The third-order valence-electron chi connectivity index (χ3n) is 1.97. The Labute approximate surface area is 84.6 Å². The van der Waals surface area contributed by atoms with Gasteiger partial charge in [0.1, 0.15) is 11.6 Å². The molecule has 3 nitrogen and oxygen atoms in total. The first-order valence-corrected chi connectivity index (χ1v) is 4.30. The molecule has 1 aromatic heterocycles. The second kappa shape index (κ2) is 3.68. The van der Waals surface area contributed by atoms with Crippen LogP contribution in [-0.2, 0) is 6.54 Å². The van der Waals surface area contributed by atoms with Crippen LogP contribution in [0.25, 0.3) is 0 Å². The minimum absolute atomic E-state index is 0.0116. The lowest BCUT2D eigenvalue weighted by atomic mass is 10.2. The van der Waals surface area contributed by atoms with E-state index in [1.807, 2.05) is 0 Å². The molecule has 5 heteroatoms. The highest BCUT2D eigenvalue weighted by atomic mass is 19.1. The van der Waals surface area contributed by atoms with Crippen LogP contribution in [0.5, 0.6) is 5.75 Å². The molecule has 0 aliphatic carbocycles. The van der Waals surface area contributed by atoms with Crippen molar-refractivity contribution in [2.75, 3.05) is 0 Å². The average Bonchev–Trinajstić information content (AvgIpc) is 2.56. The van der Waals surface area contributed by atoms with Crippen molar-refractivity contribution in [1.82, 2.24) is 9.78 Å². The molecule has 0 amide bonds. The van der Waals surface area contributed by atoms with Gasteiger partial charge in [-0.2, -0.15) is 5.10 Å². The monoisotopic (exact) mass is 210 g/mol. The Morgan fingerprint density at radius 3 is 2.73 bits per heavy atom. The molecule has 1 heterocycles. The van der Waals surface area contributed by atoms with Crippen LogP contribution in [0.2, 0.25) is 0 Å². The Hall–Kier alpha value is -1.91. The highest BCUT2D eigenvalue weighted by molar-refractivity contribution is 5.19. The first-order valence-electron chi connectivity index (χ1n) is 4.30. The molecule has 0 atom stereocenters. The molecule has 0 saturated carbocycles. The largest absolute Gasteiger partial charge is 0.505 e. The molecule has 0 unspecified atom stereocenters. The highest BCUT2D eigenvalue weighted by Crippen LogP contribution is 2.12. The zero-order chi connectivity index (χ0) is 10.8. The average molecular weight is 210 g/mol. The molecule has 0 fully saturated rings. The summed E-state index contributed by atoms with van der Waals surface area (Å²) in [6.07, 6.45) is 2.62. The number of benzene rings is 1. The molecule has 0 radical (unpaired) electrons. The van der Waals surface area contributed by atoms with Gasteiger partial charge in [-0.1, -0.05) is 6.07 Å². The van der Waals surface area contributed by atoms with Crippen LogP contribution in [0.4, 0.5) is 8.78 Å². The van der Waals surface area contributed by atoms with Crippen molar-refractivity contribution in [3.63, 3.8) is 0 Å². The first kappa shape index (κ1) is 9.64.